The fourth-order valence-electron chi connectivity index (χ4n) is 6.08. The number of ether oxygens (including phenoxy) is 1. The summed E-state index contributed by atoms with van der Waals surface area (Å²) in [4.78, 5) is 18.1. The van der Waals surface area contributed by atoms with Crippen LogP contribution in [0.15, 0.2) is 24.3 Å². The molecular formula is C24H34N2O2. The predicted octanol–water partition coefficient (Wildman–Crippen LogP) is 4.05. The smallest absolute Gasteiger partial charge is 0.225 e. The number of rotatable bonds is 4. The molecule has 4 aliphatic rings. The van der Waals surface area contributed by atoms with E-state index in [0.29, 0.717) is 29.7 Å². The Balaban J connectivity index is 1.40. The van der Waals surface area contributed by atoms with Crippen molar-refractivity contribution in [3.8, 4) is 5.75 Å². The summed E-state index contributed by atoms with van der Waals surface area (Å²) in [5.41, 5.74) is 1.35. The molecule has 1 aromatic carbocycles. The molecule has 5 rings (SSSR count). The number of amides is 1. The molecule has 28 heavy (non-hydrogen) atoms. The van der Waals surface area contributed by atoms with Crippen LogP contribution in [-0.4, -0.2) is 54.5 Å². The van der Waals surface area contributed by atoms with Gasteiger partial charge in [-0.3, -0.25) is 9.69 Å². The van der Waals surface area contributed by atoms with Gasteiger partial charge in [0.2, 0.25) is 5.91 Å². The normalized spacial score (nSPS) is 31.6. The number of hydrogen-bond acceptors (Lipinski definition) is 3. The minimum Gasteiger partial charge on any atom is -0.497 e. The summed E-state index contributed by atoms with van der Waals surface area (Å²) in [6.07, 6.45) is 10.3. The number of methoxy groups -OCH3 is 1. The van der Waals surface area contributed by atoms with Gasteiger partial charge < -0.3 is 9.64 Å². The zero-order valence-corrected chi connectivity index (χ0v) is 17.2. The highest BCUT2D eigenvalue weighted by molar-refractivity contribution is 5.82. The lowest BCUT2D eigenvalue weighted by atomic mass is 9.80. The summed E-state index contributed by atoms with van der Waals surface area (Å²) >= 11 is 0. The number of hydrogen-bond donors (Lipinski definition) is 0. The Morgan fingerprint density at radius 2 is 1.86 bits per heavy atom. The third kappa shape index (κ3) is 3.45. The summed E-state index contributed by atoms with van der Waals surface area (Å²) in [5, 5.41) is 0. The first kappa shape index (κ1) is 18.5. The minimum absolute atomic E-state index is 0.320. The monoisotopic (exact) mass is 382 g/mol. The lowest BCUT2D eigenvalue weighted by Gasteiger charge is -2.43. The Bertz CT molecular complexity index is 710. The van der Waals surface area contributed by atoms with Crippen molar-refractivity contribution in [2.75, 3.05) is 26.7 Å². The molecule has 0 N–H and O–H groups in total. The molecule has 1 amide bonds. The molecule has 2 heterocycles. The van der Waals surface area contributed by atoms with Gasteiger partial charge in [-0.15, -0.1) is 0 Å². The Kier molecular flexibility index (Phi) is 5.08. The quantitative estimate of drug-likeness (QED) is 0.787. The van der Waals surface area contributed by atoms with Crippen molar-refractivity contribution >= 4 is 5.91 Å². The van der Waals surface area contributed by atoms with Crippen LogP contribution in [0.3, 0.4) is 0 Å². The second kappa shape index (κ2) is 7.70. The van der Waals surface area contributed by atoms with Gasteiger partial charge in [0.05, 0.1) is 7.11 Å². The largest absolute Gasteiger partial charge is 0.497 e. The van der Waals surface area contributed by atoms with E-state index in [1.807, 2.05) is 6.07 Å². The number of likely N-dealkylation sites (tertiary alicyclic amines) is 2. The molecule has 2 aliphatic heterocycles. The van der Waals surface area contributed by atoms with Crippen LogP contribution < -0.4 is 4.74 Å². The van der Waals surface area contributed by atoms with E-state index in [-0.39, 0.29) is 0 Å². The van der Waals surface area contributed by atoms with Crippen molar-refractivity contribution in [2.24, 2.45) is 11.8 Å². The SMILES string of the molecule is COc1cccc([C@@H]2CN(C(=O)C3CC3)[C@H]3CCN(C4CCCCC4)C[C@@H]23)c1. The van der Waals surface area contributed by atoms with Gasteiger partial charge in [0.25, 0.3) is 0 Å². The minimum atomic E-state index is 0.320. The third-order valence-corrected chi connectivity index (χ3v) is 7.78. The summed E-state index contributed by atoms with van der Waals surface area (Å²) < 4.78 is 5.50. The highest BCUT2D eigenvalue weighted by Gasteiger charge is 2.49. The zero-order valence-electron chi connectivity index (χ0n) is 17.2. The summed E-state index contributed by atoms with van der Waals surface area (Å²) in [6, 6.07) is 9.79. The van der Waals surface area contributed by atoms with Crippen LogP contribution in [-0.2, 0) is 4.79 Å². The van der Waals surface area contributed by atoms with Crippen LogP contribution in [0.25, 0.3) is 0 Å². The molecule has 152 valence electrons. The molecule has 2 saturated carbocycles. The second-order valence-corrected chi connectivity index (χ2v) is 9.45. The van der Waals surface area contributed by atoms with Crippen LogP contribution >= 0.6 is 0 Å². The maximum atomic E-state index is 13.0. The molecule has 0 unspecified atom stereocenters. The molecule has 4 heteroatoms. The van der Waals surface area contributed by atoms with Crippen molar-refractivity contribution < 1.29 is 9.53 Å². The van der Waals surface area contributed by atoms with Gasteiger partial charge in [-0.05, 0) is 49.8 Å². The number of benzene rings is 1. The van der Waals surface area contributed by atoms with Gasteiger partial charge in [-0.2, -0.15) is 0 Å². The third-order valence-electron chi connectivity index (χ3n) is 7.78. The van der Waals surface area contributed by atoms with E-state index in [1.54, 1.807) is 7.11 Å². The molecule has 0 aromatic heterocycles. The van der Waals surface area contributed by atoms with E-state index in [2.05, 4.69) is 28.0 Å². The number of carbonyl (C=O) groups is 1. The fraction of sp³-hybridized carbons (Fsp3) is 0.708. The van der Waals surface area contributed by atoms with Gasteiger partial charge in [0.15, 0.2) is 0 Å². The molecule has 4 fully saturated rings. The fourth-order valence-corrected chi connectivity index (χ4v) is 6.08. The first-order chi connectivity index (χ1) is 13.7. The summed E-state index contributed by atoms with van der Waals surface area (Å²) in [7, 11) is 1.74. The van der Waals surface area contributed by atoms with E-state index in [1.165, 1.54) is 44.2 Å². The first-order valence-corrected chi connectivity index (χ1v) is 11.4. The van der Waals surface area contributed by atoms with E-state index < -0.39 is 0 Å². The maximum Gasteiger partial charge on any atom is 0.225 e. The van der Waals surface area contributed by atoms with Crippen LogP contribution in [0, 0.1) is 11.8 Å². The average molecular weight is 383 g/mol. The van der Waals surface area contributed by atoms with Crippen LogP contribution in [0.4, 0.5) is 0 Å². The van der Waals surface area contributed by atoms with E-state index in [9.17, 15) is 4.79 Å². The Labute approximate surface area is 169 Å². The standard InChI is InChI=1S/C24H34N2O2/c1-28-20-9-5-6-18(14-20)21-16-26(24(27)17-10-11-17)23-12-13-25(15-22(21)23)19-7-3-2-4-8-19/h5-6,9,14,17,19,21-23H,2-4,7-8,10-13,15-16H2,1H3/t21-,22-,23-/m0/s1. The average Bonchev–Trinajstić information content (AvgIpc) is 3.54. The van der Waals surface area contributed by atoms with Crippen LogP contribution in [0.2, 0.25) is 0 Å². The molecule has 0 radical (unpaired) electrons. The number of fused-ring (bicyclic) bond motifs is 1. The molecule has 0 spiro atoms. The van der Waals surface area contributed by atoms with Crippen molar-refractivity contribution in [3.05, 3.63) is 29.8 Å². The van der Waals surface area contributed by atoms with Crippen LogP contribution in [0.1, 0.15) is 62.8 Å². The summed E-state index contributed by atoms with van der Waals surface area (Å²) in [6.45, 7) is 3.23. The highest BCUT2D eigenvalue weighted by atomic mass is 16.5. The van der Waals surface area contributed by atoms with Gasteiger partial charge >= 0.3 is 0 Å². The lowest BCUT2D eigenvalue weighted by molar-refractivity contribution is -0.134. The van der Waals surface area contributed by atoms with Crippen molar-refractivity contribution in [3.63, 3.8) is 0 Å². The number of piperidine rings is 1. The molecule has 2 aliphatic carbocycles. The second-order valence-electron chi connectivity index (χ2n) is 9.45. The van der Waals surface area contributed by atoms with E-state index in [4.69, 9.17) is 4.74 Å². The molecule has 0 bridgehead atoms. The Hall–Kier alpha value is -1.55. The van der Waals surface area contributed by atoms with Crippen molar-refractivity contribution in [1.82, 2.24) is 9.80 Å². The highest BCUT2D eigenvalue weighted by Crippen LogP contribution is 2.45. The van der Waals surface area contributed by atoms with E-state index in [0.717, 1.165) is 44.1 Å². The van der Waals surface area contributed by atoms with Crippen molar-refractivity contribution in [2.45, 2.75) is 69.4 Å². The summed E-state index contributed by atoms with van der Waals surface area (Å²) in [5.74, 6) is 2.69. The van der Waals surface area contributed by atoms with Crippen molar-refractivity contribution in [1.29, 1.82) is 0 Å². The topological polar surface area (TPSA) is 32.8 Å². The predicted molar refractivity (Wildman–Crippen MR) is 111 cm³/mol. The van der Waals surface area contributed by atoms with Crippen LogP contribution in [0.5, 0.6) is 5.75 Å². The molecule has 3 atom stereocenters. The Morgan fingerprint density at radius 3 is 2.61 bits per heavy atom. The zero-order chi connectivity index (χ0) is 19.1. The Morgan fingerprint density at radius 1 is 1.04 bits per heavy atom. The molecule has 2 saturated heterocycles. The molecule has 4 nitrogen and oxygen atoms in total. The number of nitrogens with zero attached hydrogens (tertiary/aromatic N) is 2. The number of carbonyl (C=O) groups excluding carboxylic acids is 1. The lowest BCUT2D eigenvalue weighted by Crippen LogP contribution is -2.51. The maximum absolute atomic E-state index is 13.0. The first-order valence-electron chi connectivity index (χ1n) is 11.4. The van der Waals surface area contributed by atoms with Gasteiger partial charge in [0, 0.05) is 49.5 Å². The van der Waals surface area contributed by atoms with Gasteiger partial charge in [-0.1, -0.05) is 31.4 Å². The molecular weight excluding hydrogens is 348 g/mol. The molecule has 1 aromatic rings. The van der Waals surface area contributed by atoms with Gasteiger partial charge in [-0.25, -0.2) is 0 Å². The van der Waals surface area contributed by atoms with Gasteiger partial charge in [0.1, 0.15) is 5.75 Å². The van der Waals surface area contributed by atoms with E-state index >= 15 is 0 Å².